The van der Waals surface area contributed by atoms with Gasteiger partial charge in [-0.15, -0.1) is 0 Å². The quantitative estimate of drug-likeness (QED) is 0.877. The standard InChI is InChI=1S/C14H21BrN2O3S/c1-16-9-11-8-13(14(15)20-11)21(18,19)17-7-3-5-10-4-2-6-12(10)17/h8,10,12,16H,2-7,9H2,1H3. The number of piperidine rings is 1. The summed E-state index contributed by atoms with van der Waals surface area (Å²) in [5.74, 6) is 1.17. The van der Waals surface area contributed by atoms with E-state index in [1.807, 2.05) is 0 Å². The second-order valence-electron chi connectivity index (χ2n) is 5.90. The average Bonchev–Trinajstić information content (AvgIpc) is 3.05. The summed E-state index contributed by atoms with van der Waals surface area (Å²) in [6.45, 7) is 1.14. The number of nitrogens with zero attached hydrogens (tertiary/aromatic N) is 1. The smallest absolute Gasteiger partial charge is 0.247 e. The minimum absolute atomic E-state index is 0.179. The Hall–Kier alpha value is -0.370. The Morgan fingerprint density at radius 1 is 1.38 bits per heavy atom. The molecule has 2 aliphatic rings. The summed E-state index contributed by atoms with van der Waals surface area (Å²) in [5.41, 5.74) is 0. The summed E-state index contributed by atoms with van der Waals surface area (Å²) in [5, 5.41) is 2.97. The van der Waals surface area contributed by atoms with Gasteiger partial charge in [-0.2, -0.15) is 4.31 Å². The molecule has 0 radical (unpaired) electrons. The van der Waals surface area contributed by atoms with Crippen molar-refractivity contribution in [3.63, 3.8) is 0 Å². The molecule has 0 bridgehead atoms. The Kier molecular flexibility index (Phi) is 4.45. The lowest BCUT2D eigenvalue weighted by molar-refractivity contribution is 0.202. The first-order chi connectivity index (χ1) is 10.0. The summed E-state index contributed by atoms with van der Waals surface area (Å²) < 4.78 is 33.5. The fourth-order valence-electron chi connectivity index (χ4n) is 3.67. The van der Waals surface area contributed by atoms with E-state index in [1.54, 1.807) is 17.4 Å². The van der Waals surface area contributed by atoms with Gasteiger partial charge in [0.05, 0.1) is 6.54 Å². The van der Waals surface area contributed by atoms with Gasteiger partial charge in [0, 0.05) is 18.7 Å². The number of hydrogen-bond donors (Lipinski definition) is 1. The number of fused-ring (bicyclic) bond motifs is 1. The Bertz CT molecular complexity index is 614. The molecule has 0 aromatic carbocycles. The highest BCUT2D eigenvalue weighted by molar-refractivity contribution is 9.10. The van der Waals surface area contributed by atoms with Crippen LogP contribution < -0.4 is 5.32 Å². The van der Waals surface area contributed by atoms with Gasteiger partial charge in [-0.25, -0.2) is 8.42 Å². The molecular formula is C14H21BrN2O3S. The molecule has 7 heteroatoms. The summed E-state index contributed by atoms with van der Waals surface area (Å²) >= 11 is 3.26. The molecule has 1 saturated carbocycles. The van der Waals surface area contributed by atoms with Gasteiger partial charge >= 0.3 is 0 Å². The molecule has 1 aliphatic heterocycles. The summed E-state index contributed by atoms with van der Waals surface area (Å²) in [4.78, 5) is 0.264. The van der Waals surface area contributed by atoms with Gasteiger partial charge in [0.15, 0.2) is 4.67 Å². The third-order valence-corrected chi connectivity index (χ3v) is 7.37. The molecule has 118 valence electrons. The molecule has 0 amide bonds. The van der Waals surface area contributed by atoms with E-state index in [1.165, 1.54) is 0 Å². The van der Waals surface area contributed by atoms with E-state index < -0.39 is 10.0 Å². The van der Waals surface area contributed by atoms with Crippen LogP contribution in [0.25, 0.3) is 0 Å². The van der Waals surface area contributed by atoms with Gasteiger partial charge in [-0.05, 0) is 54.6 Å². The lowest BCUT2D eigenvalue weighted by Gasteiger charge is -2.36. The van der Waals surface area contributed by atoms with Crippen LogP contribution in [0.5, 0.6) is 0 Å². The summed E-state index contributed by atoms with van der Waals surface area (Å²) in [6, 6.07) is 1.81. The Labute approximate surface area is 134 Å². The minimum Gasteiger partial charge on any atom is -0.452 e. The average molecular weight is 377 g/mol. The van der Waals surface area contributed by atoms with E-state index in [-0.39, 0.29) is 10.9 Å². The van der Waals surface area contributed by atoms with Crippen molar-refractivity contribution in [3.05, 3.63) is 16.5 Å². The molecule has 0 spiro atoms. The zero-order valence-corrected chi connectivity index (χ0v) is 14.5. The van der Waals surface area contributed by atoms with Crippen LogP contribution in [0.4, 0.5) is 0 Å². The van der Waals surface area contributed by atoms with Crippen molar-refractivity contribution in [1.29, 1.82) is 0 Å². The van der Waals surface area contributed by atoms with Crippen molar-refractivity contribution in [3.8, 4) is 0 Å². The van der Waals surface area contributed by atoms with Crippen LogP contribution in [-0.2, 0) is 16.6 Å². The molecule has 1 aromatic rings. The molecule has 2 fully saturated rings. The molecule has 21 heavy (non-hydrogen) atoms. The highest BCUT2D eigenvalue weighted by atomic mass is 79.9. The van der Waals surface area contributed by atoms with Gasteiger partial charge in [-0.1, -0.05) is 6.42 Å². The third kappa shape index (κ3) is 2.81. The van der Waals surface area contributed by atoms with E-state index in [4.69, 9.17) is 4.42 Å². The third-order valence-electron chi connectivity index (χ3n) is 4.59. The summed E-state index contributed by atoms with van der Waals surface area (Å²) in [7, 11) is -1.68. The second kappa shape index (κ2) is 6.02. The maximum atomic E-state index is 13.0. The van der Waals surface area contributed by atoms with Crippen LogP contribution in [-0.4, -0.2) is 32.4 Å². The van der Waals surface area contributed by atoms with Crippen molar-refractivity contribution in [1.82, 2.24) is 9.62 Å². The number of halogens is 1. The lowest BCUT2D eigenvalue weighted by Crippen LogP contribution is -2.46. The SMILES string of the molecule is CNCc1cc(S(=O)(=O)N2CCCC3CCCC32)c(Br)o1. The lowest BCUT2D eigenvalue weighted by atomic mass is 9.94. The minimum atomic E-state index is -3.48. The first-order valence-corrected chi connectivity index (χ1v) is 9.72. The van der Waals surface area contributed by atoms with Crippen molar-refractivity contribution < 1.29 is 12.8 Å². The highest BCUT2D eigenvalue weighted by Gasteiger charge is 2.42. The van der Waals surface area contributed by atoms with Crippen molar-refractivity contribution in [2.45, 2.75) is 49.6 Å². The summed E-state index contributed by atoms with van der Waals surface area (Å²) in [6.07, 6.45) is 5.41. The van der Waals surface area contributed by atoms with Crippen LogP contribution in [0.1, 0.15) is 37.9 Å². The predicted octanol–water partition coefficient (Wildman–Crippen LogP) is 2.71. The molecule has 1 aliphatic carbocycles. The monoisotopic (exact) mass is 376 g/mol. The molecule has 1 N–H and O–H groups in total. The maximum Gasteiger partial charge on any atom is 0.247 e. The van der Waals surface area contributed by atoms with Crippen molar-refractivity contribution in [2.75, 3.05) is 13.6 Å². The highest BCUT2D eigenvalue weighted by Crippen LogP contribution is 2.40. The van der Waals surface area contributed by atoms with Gasteiger partial charge < -0.3 is 9.73 Å². The molecule has 2 unspecified atom stereocenters. The van der Waals surface area contributed by atoms with Gasteiger partial charge in [0.2, 0.25) is 10.0 Å². The van der Waals surface area contributed by atoms with Gasteiger partial charge in [0.1, 0.15) is 10.7 Å². The van der Waals surface area contributed by atoms with E-state index in [2.05, 4.69) is 21.2 Å². The van der Waals surface area contributed by atoms with Crippen molar-refractivity contribution >= 4 is 26.0 Å². The van der Waals surface area contributed by atoms with Gasteiger partial charge in [-0.3, -0.25) is 0 Å². The number of hydrogen-bond acceptors (Lipinski definition) is 4. The van der Waals surface area contributed by atoms with Crippen LogP contribution >= 0.6 is 15.9 Å². The van der Waals surface area contributed by atoms with E-state index in [0.717, 1.165) is 32.1 Å². The largest absolute Gasteiger partial charge is 0.452 e. The molecule has 1 saturated heterocycles. The van der Waals surface area contributed by atoms with E-state index in [9.17, 15) is 8.42 Å². The fourth-order valence-corrected chi connectivity index (χ4v) is 6.39. The first kappa shape index (κ1) is 15.5. The molecule has 1 aromatic heterocycles. The Morgan fingerprint density at radius 2 is 2.14 bits per heavy atom. The molecule has 3 rings (SSSR count). The zero-order chi connectivity index (χ0) is 15.0. The molecule has 2 heterocycles. The Balaban J connectivity index is 1.92. The fraction of sp³-hybridized carbons (Fsp3) is 0.714. The molecule has 5 nitrogen and oxygen atoms in total. The number of nitrogens with one attached hydrogen (secondary N) is 1. The molecule has 2 atom stereocenters. The number of furan rings is 1. The van der Waals surface area contributed by atoms with Crippen LogP contribution in [0.15, 0.2) is 20.0 Å². The van der Waals surface area contributed by atoms with Crippen molar-refractivity contribution in [2.24, 2.45) is 5.92 Å². The number of sulfonamides is 1. The first-order valence-electron chi connectivity index (χ1n) is 7.48. The van der Waals surface area contributed by atoms with Crippen LogP contribution in [0.2, 0.25) is 0 Å². The maximum absolute atomic E-state index is 13.0. The molecular weight excluding hydrogens is 356 g/mol. The van der Waals surface area contributed by atoms with E-state index >= 15 is 0 Å². The number of rotatable bonds is 4. The topological polar surface area (TPSA) is 62.6 Å². The van der Waals surface area contributed by atoms with Crippen LogP contribution in [0.3, 0.4) is 0 Å². The Morgan fingerprint density at radius 3 is 2.90 bits per heavy atom. The van der Waals surface area contributed by atoms with E-state index in [0.29, 0.717) is 29.4 Å². The van der Waals surface area contributed by atoms with Crippen LogP contribution in [0, 0.1) is 5.92 Å². The predicted molar refractivity (Wildman–Crippen MR) is 83.4 cm³/mol. The normalized spacial score (nSPS) is 27.0. The van der Waals surface area contributed by atoms with Gasteiger partial charge in [0.25, 0.3) is 0 Å². The zero-order valence-electron chi connectivity index (χ0n) is 12.1. The second-order valence-corrected chi connectivity index (χ2v) is 8.48.